The van der Waals surface area contributed by atoms with Crippen LogP contribution >= 0.6 is 19.5 Å². The first-order valence-electron chi connectivity index (χ1n) is 7.07. The highest BCUT2D eigenvalue weighted by atomic mass is 35.5. The molecule has 0 heterocycles. The number of rotatable bonds is 3. The summed E-state index contributed by atoms with van der Waals surface area (Å²) in [6.07, 6.45) is 0. The van der Waals surface area contributed by atoms with E-state index in [1.165, 1.54) is 48.5 Å². The van der Waals surface area contributed by atoms with Crippen molar-refractivity contribution in [2.45, 2.75) is 17.8 Å². The van der Waals surface area contributed by atoms with Gasteiger partial charge in [0.15, 0.2) is 0 Å². The van der Waals surface area contributed by atoms with E-state index in [0.717, 1.165) is 0 Å². The molecule has 2 aromatic carbocycles. The van der Waals surface area contributed by atoms with E-state index in [0.29, 0.717) is 0 Å². The Bertz CT molecular complexity index is 765. The van der Waals surface area contributed by atoms with Crippen LogP contribution in [0.1, 0.15) is 0 Å². The molecular weight excluding hydrogens is 385 g/mol. The Hall–Kier alpha value is -1.52. The SMILES string of the molecule is FC1(F)C(Cl)=C(P(c2ccccc2)c2ccccc2)C(F)(F)C1(F)F. The van der Waals surface area contributed by atoms with Crippen molar-refractivity contribution in [3.8, 4) is 0 Å². The van der Waals surface area contributed by atoms with Crippen molar-refractivity contribution < 1.29 is 26.3 Å². The molecule has 0 nitrogen and oxygen atoms in total. The third-order valence-electron chi connectivity index (χ3n) is 3.82. The van der Waals surface area contributed by atoms with Crippen molar-refractivity contribution in [2.75, 3.05) is 0 Å². The van der Waals surface area contributed by atoms with Crippen LogP contribution in [0, 0.1) is 0 Å². The van der Waals surface area contributed by atoms with Gasteiger partial charge in [-0.2, -0.15) is 26.3 Å². The molecule has 0 N–H and O–H groups in total. The maximum atomic E-state index is 14.4. The zero-order valence-electron chi connectivity index (χ0n) is 12.4. The highest BCUT2D eigenvalue weighted by Crippen LogP contribution is 2.68. The van der Waals surface area contributed by atoms with Gasteiger partial charge in [0.25, 0.3) is 0 Å². The third-order valence-corrected chi connectivity index (χ3v) is 6.96. The van der Waals surface area contributed by atoms with Gasteiger partial charge in [-0.25, -0.2) is 0 Å². The van der Waals surface area contributed by atoms with E-state index >= 15 is 0 Å². The molecule has 0 saturated carbocycles. The molecule has 0 aromatic heterocycles. The Kier molecular flexibility index (Phi) is 4.41. The monoisotopic (exact) mass is 394 g/mol. The van der Waals surface area contributed by atoms with Crippen LogP contribution in [0.15, 0.2) is 71.0 Å². The first-order valence-corrected chi connectivity index (χ1v) is 8.78. The molecule has 0 saturated heterocycles. The van der Waals surface area contributed by atoms with Gasteiger partial charge in [0.05, 0.1) is 5.31 Å². The molecule has 0 atom stereocenters. The quantitative estimate of drug-likeness (QED) is 0.477. The predicted octanol–water partition coefficient (Wildman–Crippen LogP) is 5.49. The van der Waals surface area contributed by atoms with Gasteiger partial charge < -0.3 is 0 Å². The lowest BCUT2D eigenvalue weighted by molar-refractivity contribution is -0.261. The average molecular weight is 395 g/mol. The maximum Gasteiger partial charge on any atom is 0.381 e. The lowest BCUT2D eigenvalue weighted by atomic mass is 10.2. The fraction of sp³-hybridized carbons (Fsp3) is 0.176. The molecule has 1 aliphatic carbocycles. The minimum atomic E-state index is -5.59. The summed E-state index contributed by atoms with van der Waals surface area (Å²) in [4.78, 5) is 0. The number of halogens is 7. The lowest BCUT2D eigenvalue weighted by Crippen LogP contribution is -2.49. The Morgan fingerprint density at radius 2 is 1.04 bits per heavy atom. The number of benzene rings is 2. The number of alkyl halides is 6. The molecule has 0 spiro atoms. The smallest absolute Gasteiger partial charge is 0.194 e. The van der Waals surface area contributed by atoms with E-state index in [9.17, 15) is 26.3 Å². The van der Waals surface area contributed by atoms with Gasteiger partial charge in [-0.15, -0.1) is 0 Å². The molecule has 2 aromatic rings. The highest BCUT2D eigenvalue weighted by molar-refractivity contribution is 7.77. The zero-order chi connectivity index (χ0) is 18.5. The van der Waals surface area contributed by atoms with Gasteiger partial charge >= 0.3 is 17.8 Å². The van der Waals surface area contributed by atoms with Crippen LogP contribution in [0.5, 0.6) is 0 Å². The van der Waals surface area contributed by atoms with Crippen molar-refractivity contribution in [3.05, 3.63) is 71.0 Å². The summed E-state index contributed by atoms with van der Waals surface area (Å²) in [5.74, 6) is -15.8. The Morgan fingerprint density at radius 1 is 0.640 bits per heavy atom. The second kappa shape index (κ2) is 6.03. The van der Waals surface area contributed by atoms with Crippen molar-refractivity contribution in [1.29, 1.82) is 0 Å². The zero-order valence-corrected chi connectivity index (χ0v) is 14.0. The van der Waals surface area contributed by atoms with Crippen LogP contribution in [0.25, 0.3) is 0 Å². The van der Waals surface area contributed by atoms with Gasteiger partial charge in [0.1, 0.15) is 5.03 Å². The molecule has 25 heavy (non-hydrogen) atoms. The van der Waals surface area contributed by atoms with E-state index in [1.807, 2.05) is 0 Å². The van der Waals surface area contributed by atoms with Crippen molar-refractivity contribution >= 4 is 30.1 Å². The number of hydrogen-bond donors (Lipinski definition) is 0. The van der Waals surface area contributed by atoms with Crippen LogP contribution in [0.2, 0.25) is 0 Å². The molecule has 8 heteroatoms. The van der Waals surface area contributed by atoms with Crippen molar-refractivity contribution in [2.24, 2.45) is 0 Å². The summed E-state index contributed by atoms with van der Waals surface area (Å²) in [7, 11) is -2.36. The Morgan fingerprint density at radius 3 is 1.36 bits per heavy atom. The highest BCUT2D eigenvalue weighted by Gasteiger charge is 2.80. The first kappa shape index (κ1) is 18.3. The second-order valence-corrected chi connectivity index (χ2v) is 7.92. The van der Waals surface area contributed by atoms with Gasteiger partial charge in [-0.05, 0) is 18.5 Å². The molecule has 1 aliphatic rings. The Balaban J connectivity index is 2.29. The number of allylic oxidation sites excluding steroid dienone is 2. The van der Waals surface area contributed by atoms with E-state index in [4.69, 9.17) is 11.6 Å². The maximum absolute atomic E-state index is 14.4. The van der Waals surface area contributed by atoms with Gasteiger partial charge in [0.2, 0.25) is 0 Å². The second-order valence-electron chi connectivity index (χ2n) is 5.39. The Labute approximate surface area is 145 Å². The summed E-state index contributed by atoms with van der Waals surface area (Å²) in [5.41, 5.74) is 0. The number of hydrogen-bond acceptors (Lipinski definition) is 0. The van der Waals surface area contributed by atoms with E-state index in [-0.39, 0.29) is 10.6 Å². The van der Waals surface area contributed by atoms with Gasteiger partial charge in [-0.3, -0.25) is 0 Å². The van der Waals surface area contributed by atoms with Crippen LogP contribution < -0.4 is 10.6 Å². The van der Waals surface area contributed by atoms with E-state index in [1.54, 1.807) is 12.1 Å². The fourth-order valence-electron chi connectivity index (χ4n) is 2.57. The molecule has 0 bridgehead atoms. The summed E-state index contributed by atoms with van der Waals surface area (Å²) in [6.45, 7) is 0. The molecule has 0 unspecified atom stereocenters. The molecule has 0 radical (unpaired) electrons. The molecular formula is C17H10ClF6P. The van der Waals surface area contributed by atoms with Crippen LogP contribution in [0.3, 0.4) is 0 Å². The first-order chi connectivity index (χ1) is 11.6. The summed E-state index contributed by atoms with van der Waals surface area (Å²) >= 11 is 5.42. The minimum absolute atomic E-state index is 0.227. The lowest BCUT2D eigenvalue weighted by Gasteiger charge is -2.28. The average Bonchev–Trinajstić information content (AvgIpc) is 2.67. The van der Waals surface area contributed by atoms with E-state index < -0.39 is 36.0 Å². The van der Waals surface area contributed by atoms with Crippen LogP contribution in [0.4, 0.5) is 26.3 Å². The molecule has 3 rings (SSSR count). The summed E-state index contributed by atoms with van der Waals surface area (Å²) < 4.78 is 84.0. The third kappa shape index (κ3) is 2.58. The van der Waals surface area contributed by atoms with Crippen molar-refractivity contribution in [1.82, 2.24) is 0 Å². The molecule has 0 fully saturated rings. The fourth-order valence-corrected chi connectivity index (χ4v) is 5.57. The molecule has 0 amide bonds. The molecule has 0 aliphatic heterocycles. The van der Waals surface area contributed by atoms with Gasteiger partial charge in [-0.1, -0.05) is 72.3 Å². The molecule has 132 valence electrons. The summed E-state index contributed by atoms with van der Waals surface area (Å²) in [6, 6.07) is 15.0. The van der Waals surface area contributed by atoms with Crippen LogP contribution in [-0.4, -0.2) is 17.8 Å². The largest absolute Gasteiger partial charge is 0.381 e. The topological polar surface area (TPSA) is 0 Å². The van der Waals surface area contributed by atoms with E-state index in [2.05, 4.69) is 0 Å². The predicted molar refractivity (Wildman–Crippen MR) is 86.8 cm³/mol. The van der Waals surface area contributed by atoms with Gasteiger partial charge in [0, 0.05) is 0 Å². The standard InChI is InChI=1S/C17H10ClF6P/c18-13-14(16(21,22)17(23,24)15(13,19)20)25(11-7-3-1-4-8-11)12-9-5-2-6-10-12/h1-10H. The summed E-state index contributed by atoms with van der Waals surface area (Å²) in [5, 5.41) is -2.73. The normalized spacial score (nSPS) is 21.0. The van der Waals surface area contributed by atoms with Crippen molar-refractivity contribution in [3.63, 3.8) is 0 Å². The minimum Gasteiger partial charge on any atom is -0.194 e. The van der Waals surface area contributed by atoms with Crippen LogP contribution in [-0.2, 0) is 0 Å².